The summed E-state index contributed by atoms with van der Waals surface area (Å²) in [6.45, 7) is 5.20. The van der Waals surface area contributed by atoms with Gasteiger partial charge in [0.25, 0.3) is 0 Å². The third kappa shape index (κ3) is 20.0. The van der Waals surface area contributed by atoms with Crippen LogP contribution in [-0.4, -0.2) is 56.8 Å². The molecule has 0 unspecified atom stereocenters. The maximum absolute atomic E-state index is 12.1. The van der Waals surface area contributed by atoms with Crippen LogP contribution in [0.1, 0.15) is 104 Å². The highest BCUT2D eigenvalue weighted by Gasteiger charge is 2.19. The molecule has 0 aliphatic carbocycles. The molecular weight excluding hydrogens is 366 g/mol. The summed E-state index contributed by atoms with van der Waals surface area (Å²) in [6, 6.07) is 0. The van der Waals surface area contributed by atoms with Gasteiger partial charge in [-0.15, -0.1) is 0 Å². The van der Waals surface area contributed by atoms with Crippen LogP contribution < -0.4 is 0 Å². The Morgan fingerprint density at radius 2 is 1.28 bits per heavy atom. The largest absolute Gasteiger partial charge is 0.462 e. The Morgan fingerprint density at radius 1 is 0.759 bits per heavy atom. The lowest BCUT2D eigenvalue weighted by Crippen LogP contribution is -2.38. The van der Waals surface area contributed by atoms with Gasteiger partial charge in [0.15, 0.2) is 0 Å². The normalized spacial score (nSPS) is 12.6. The summed E-state index contributed by atoms with van der Waals surface area (Å²) in [5.41, 5.74) is 0. The standard InChI is InChI=1S/C24H48NO4/c1-6-8-9-10-11-12-13-14-15-16-17-18-22(29-23(26)7-2)21-24(27)28-20-19-25(3,4)5/h22H,6-21H2,1-5H3/q+1/t22-/m0/s1. The van der Waals surface area contributed by atoms with Gasteiger partial charge < -0.3 is 14.0 Å². The fraction of sp³-hybridized carbons (Fsp3) is 0.917. The van der Waals surface area contributed by atoms with Gasteiger partial charge in [-0.3, -0.25) is 9.59 Å². The minimum Gasteiger partial charge on any atom is -0.462 e. The topological polar surface area (TPSA) is 52.6 Å². The van der Waals surface area contributed by atoms with E-state index in [4.69, 9.17) is 9.47 Å². The van der Waals surface area contributed by atoms with Crippen LogP contribution in [0.4, 0.5) is 0 Å². The lowest BCUT2D eigenvalue weighted by molar-refractivity contribution is -0.870. The number of ether oxygens (including phenoxy) is 2. The monoisotopic (exact) mass is 414 g/mol. The molecule has 5 heteroatoms. The highest BCUT2D eigenvalue weighted by molar-refractivity contribution is 5.72. The molecule has 0 bridgehead atoms. The minimum absolute atomic E-state index is 0.167. The Labute approximate surface area is 180 Å². The fourth-order valence-electron chi connectivity index (χ4n) is 3.19. The molecule has 0 aliphatic heterocycles. The Morgan fingerprint density at radius 3 is 1.76 bits per heavy atom. The van der Waals surface area contributed by atoms with Gasteiger partial charge in [0.05, 0.1) is 27.6 Å². The average molecular weight is 415 g/mol. The van der Waals surface area contributed by atoms with E-state index >= 15 is 0 Å². The van der Waals surface area contributed by atoms with Gasteiger partial charge in [0.2, 0.25) is 0 Å². The first-order chi connectivity index (χ1) is 13.8. The van der Waals surface area contributed by atoms with E-state index in [2.05, 4.69) is 28.1 Å². The van der Waals surface area contributed by atoms with Crippen LogP contribution in [0.2, 0.25) is 0 Å². The van der Waals surface area contributed by atoms with Crippen LogP contribution in [0.3, 0.4) is 0 Å². The number of quaternary nitrogens is 1. The molecule has 0 aromatic rings. The number of nitrogens with zero attached hydrogens (tertiary/aromatic N) is 1. The number of likely N-dealkylation sites (N-methyl/N-ethyl adjacent to an activating group) is 1. The number of esters is 2. The number of rotatable bonds is 19. The summed E-state index contributed by atoms with van der Waals surface area (Å²) in [4.78, 5) is 23.8. The Bertz CT molecular complexity index is 418. The Balaban J connectivity index is 3.94. The van der Waals surface area contributed by atoms with Crippen molar-refractivity contribution in [1.82, 2.24) is 0 Å². The molecule has 0 fully saturated rings. The van der Waals surface area contributed by atoms with Crippen molar-refractivity contribution in [3.8, 4) is 0 Å². The molecule has 5 nitrogen and oxygen atoms in total. The van der Waals surface area contributed by atoms with Gasteiger partial charge in [-0.1, -0.05) is 78.1 Å². The number of carbonyl (C=O) groups is 2. The van der Waals surface area contributed by atoms with Crippen molar-refractivity contribution >= 4 is 11.9 Å². The molecule has 0 aromatic heterocycles. The zero-order valence-electron chi connectivity index (χ0n) is 20.0. The summed E-state index contributed by atoms with van der Waals surface area (Å²) >= 11 is 0. The van der Waals surface area contributed by atoms with Crippen molar-refractivity contribution in [1.29, 1.82) is 0 Å². The van der Waals surface area contributed by atoms with Gasteiger partial charge in [-0.05, 0) is 12.8 Å². The molecule has 0 amide bonds. The van der Waals surface area contributed by atoms with Crippen molar-refractivity contribution in [2.24, 2.45) is 0 Å². The van der Waals surface area contributed by atoms with Gasteiger partial charge >= 0.3 is 11.9 Å². The second-order valence-electron chi connectivity index (χ2n) is 9.23. The van der Waals surface area contributed by atoms with Crippen molar-refractivity contribution in [2.75, 3.05) is 34.3 Å². The molecule has 0 spiro atoms. The van der Waals surface area contributed by atoms with E-state index in [1.165, 1.54) is 57.8 Å². The van der Waals surface area contributed by atoms with Crippen molar-refractivity contribution in [2.45, 2.75) is 110 Å². The number of hydrogen-bond acceptors (Lipinski definition) is 4. The highest BCUT2D eigenvalue weighted by atomic mass is 16.6. The number of unbranched alkanes of at least 4 members (excludes halogenated alkanes) is 10. The minimum atomic E-state index is -0.349. The first-order valence-corrected chi connectivity index (χ1v) is 11.9. The molecule has 0 radical (unpaired) electrons. The van der Waals surface area contributed by atoms with E-state index in [-0.39, 0.29) is 24.5 Å². The second-order valence-corrected chi connectivity index (χ2v) is 9.23. The lowest BCUT2D eigenvalue weighted by atomic mass is 10.0. The maximum Gasteiger partial charge on any atom is 0.309 e. The first-order valence-electron chi connectivity index (χ1n) is 11.9. The molecule has 29 heavy (non-hydrogen) atoms. The van der Waals surface area contributed by atoms with Gasteiger partial charge in [-0.25, -0.2) is 0 Å². The van der Waals surface area contributed by atoms with E-state index in [0.717, 1.165) is 30.3 Å². The quantitative estimate of drug-likeness (QED) is 0.156. The van der Waals surface area contributed by atoms with Crippen molar-refractivity contribution in [3.05, 3.63) is 0 Å². The van der Waals surface area contributed by atoms with Crippen LogP contribution >= 0.6 is 0 Å². The molecule has 0 heterocycles. The summed E-state index contributed by atoms with van der Waals surface area (Å²) in [7, 11) is 6.18. The van der Waals surface area contributed by atoms with Crippen LogP contribution in [0.15, 0.2) is 0 Å². The van der Waals surface area contributed by atoms with Gasteiger partial charge in [0, 0.05) is 6.42 Å². The molecular formula is C24H48NO4+. The Hall–Kier alpha value is -1.10. The van der Waals surface area contributed by atoms with Crippen LogP contribution in [0.25, 0.3) is 0 Å². The predicted octanol–water partition coefficient (Wildman–Crippen LogP) is 5.65. The summed E-state index contributed by atoms with van der Waals surface area (Å²) in [5, 5.41) is 0. The van der Waals surface area contributed by atoms with E-state index < -0.39 is 0 Å². The summed E-state index contributed by atoms with van der Waals surface area (Å²) in [5.74, 6) is -0.507. The van der Waals surface area contributed by atoms with E-state index in [9.17, 15) is 9.59 Å². The van der Waals surface area contributed by atoms with Crippen LogP contribution in [-0.2, 0) is 19.1 Å². The maximum atomic E-state index is 12.1. The predicted molar refractivity (Wildman–Crippen MR) is 120 cm³/mol. The molecule has 0 rings (SSSR count). The lowest BCUT2D eigenvalue weighted by Gasteiger charge is -2.23. The zero-order chi connectivity index (χ0) is 22.0. The first kappa shape index (κ1) is 27.9. The smallest absolute Gasteiger partial charge is 0.309 e. The molecule has 0 aromatic carbocycles. The summed E-state index contributed by atoms with van der Waals surface area (Å²) in [6.07, 6.45) is 15.0. The van der Waals surface area contributed by atoms with E-state index in [1.807, 2.05) is 0 Å². The second kappa shape index (κ2) is 17.7. The zero-order valence-corrected chi connectivity index (χ0v) is 20.0. The van der Waals surface area contributed by atoms with E-state index in [0.29, 0.717) is 13.0 Å². The van der Waals surface area contributed by atoms with Crippen LogP contribution in [0.5, 0.6) is 0 Å². The molecule has 0 saturated carbocycles. The number of carbonyl (C=O) groups excluding carboxylic acids is 2. The molecule has 0 aliphatic rings. The fourth-order valence-corrected chi connectivity index (χ4v) is 3.19. The number of hydrogen-bond donors (Lipinski definition) is 0. The Kier molecular flexibility index (Phi) is 17.1. The van der Waals surface area contributed by atoms with Crippen LogP contribution in [0, 0.1) is 0 Å². The highest BCUT2D eigenvalue weighted by Crippen LogP contribution is 2.15. The molecule has 172 valence electrons. The summed E-state index contributed by atoms with van der Waals surface area (Å²) < 4.78 is 11.5. The third-order valence-corrected chi connectivity index (χ3v) is 5.14. The molecule has 0 N–H and O–H groups in total. The van der Waals surface area contributed by atoms with Crippen molar-refractivity contribution < 1.29 is 23.5 Å². The molecule has 0 saturated heterocycles. The van der Waals surface area contributed by atoms with Crippen molar-refractivity contribution in [3.63, 3.8) is 0 Å². The van der Waals surface area contributed by atoms with Gasteiger partial charge in [-0.2, -0.15) is 0 Å². The van der Waals surface area contributed by atoms with E-state index in [1.54, 1.807) is 6.92 Å². The third-order valence-electron chi connectivity index (χ3n) is 5.14. The average Bonchev–Trinajstić information content (AvgIpc) is 2.64. The SMILES string of the molecule is CCCCCCCCCCCCC[C@@H](CC(=O)OCC[N+](C)(C)C)OC(=O)CC. The molecule has 1 atom stereocenters. The van der Waals surface area contributed by atoms with Gasteiger partial charge in [0.1, 0.15) is 19.3 Å².